The van der Waals surface area contributed by atoms with Gasteiger partial charge in [-0.15, -0.1) is 0 Å². The minimum Gasteiger partial charge on any atom is -0.483 e. The van der Waals surface area contributed by atoms with Crippen molar-refractivity contribution in [1.82, 2.24) is 5.32 Å². The van der Waals surface area contributed by atoms with Crippen molar-refractivity contribution in [2.75, 3.05) is 11.9 Å². The predicted octanol–water partition coefficient (Wildman–Crippen LogP) is 3.54. The number of carbonyl (C=O) groups is 2. The second-order valence-corrected chi connectivity index (χ2v) is 6.31. The molecule has 0 heterocycles. The minimum absolute atomic E-state index is 0.0697. The van der Waals surface area contributed by atoms with Crippen LogP contribution in [0.2, 0.25) is 0 Å². The van der Waals surface area contributed by atoms with Gasteiger partial charge in [-0.05, 0) is 29.8 Å². The summed E-state index contributed by atoms with van der Waals surface area (Å²) in [6.07, 6.45) is 0. The summed E-state index contributed by atoms with van der Waals surface area (Å²) in [5.74, 6) is -0.490. The maximum absolute atomic E-state index is 12.5. The van der Waals surface area contributed by atoms with Crippen molar-refractivity contribution in [2.24, 2.45) is 0 Å². The van der Waals surface area contributed by atoms with Crippen molar-refractivity contribution in [3.05, 3.63) is 100 Å². The Hall–Kier alpha value is -4.20. The molecule has 152 valence electrons. The third kappa shape index (κ3) is 5.65. The molecule has 8 nitrogen and oxygen atoms in total. The van der Waals surface area contributed by atoms with Crippen molar-refractivity contribution in [3.8, 4) is 5.75 Å². The largest absolute Gasteiger partial charge is 0.483 e. The molecule has 0 spiro atoms. The van der Waals surface area contributed by atoms with Gasteiger partial charge in [0.25, 0.3) is 17.5 Å². The lowest BCUT2D eigenvalue weighted by molar-refractivity contribution is -0.384. The number of hydrogen-bond acceptors (Lipinski definition) is 5. The molecule has 0 radical (unpaired) electrons. The van der Waals surface area contributed by atoms with Gasteiger partial charge in [-0.25, -0.2) is 0 Å². The Morgan fingerprint density at radius 2 is 1.57 bits per heavy atom. The maximum atomic E-state index is 12.5. The van der Waals surface area contributed by atoms with Gasteiger partial charge in [0.05, 0.1) is 10.5 Å². The molecule has 3 aromatic carbocycles. The molecular weight excluding hydrogens is 386 g/mol. The molecule has 0 atom stereocenters. The van der Waals surface area contributed by atoms with Crippen LogP contribution in [0.15, 0.2) is 78.9 Å². The average Bonchev–Trinajstić information content (AvgIpc) is 2.77. The Morgan fingerprint density at radius 3 is 2.27 bits per heavy atom. The Kier molecular flexibility index (Phi) is 6.73. The van der Waals surface area contributed by atoms with E-state index in [4.69, 9.17) is 4.74 Å². The highest BCUT2D eigenvalue weighted by Gasteiger charge is 2.13. The molecule has 0 aromatic heterocycles. The van der Waals surface area contributed by atoms with Gasteiger partial charge < -0.3 is 15.4 Å². The number of benzene rings is 3. The van der Waals surface area contributed by atoms with Crippen LogP contribution in [0.25, 0.3) is 0 Å². The molecule has 0 saturated heterocycles. The highest BCUT2D eigenvalue weighted by atomic mass is 16.6. The topological polar surface area (TPSA) is 111 Å². The Balaban J connectivity index is 1.56. The van der Waals surface area contributed by atoms with Crippen LogP contribution in [0.5, 0.6) is 5.75 Å². The molecule has 0 unspecified atom stereocenters. The van der Waals surface area contributed by atoms with Crippen LogP contribution < -0.4 is 15.4 Å². The van der Waals surface area contributed by atoms with Gasteiger partial charge in [0.15, 0.2) is 6.61 Å². The van der Waals surface area contributed by atoms with E-state index in [1.54, 1.807) is 24.3 Å². The first-order chi connectivity index (χ1) is 14.5. The van der Waals surface area contributed by atoms with Crippen LogP contribution in [0, 0.1) is 10.1 Å². The second kappa shape index (κ2) is 9.83. The fourth-order valence-corrected chi connectivity index (χ4v) is 2.66. The molecule has 0 aliphatic rings. The smallest absolute Gasteiger partial charge is 0.269 e. The van der Waals surface area contributed by atoms with Crippen molar-refractivity contribution >= 4 is 23.2 Å². The molecule has 0 aliphatic heterocycles. The second-order valence-electron chi connectivity index (χ2n) is 6.31. The summed E-state index contributed by atoms with van der Waals surface area (Å²) in [5.41, 5.74) is 1.62. The van der Waals surface area contributed by atoms with E-state index in [1.807, 2.05) is 30.3 Å². The van der Waals surface area contributed by atoms with Crippen LogP contribution in [0.3, 0.4) is 0 Å². The average molecular weight is 405 g/mol. The van der Waals surface area contributed by atoms with E-state index in [9.17, 15) is 19.7 Å². The van der Waals surface area contributed by atoms with Crippen LogP contribution >= 0.6 is 0 Å². The van der Waals surface area contributed by atoms with Gasteiger partial charge in [-0.1, -0.05) is 42.5 Å². The Morgan fingerprint density at radius 1 is 0.900 bits per heavy atom. The minimum atomic E-state index is -0.519. The first kappa shape index (κ1) is 20.5. The van der Waals surface area contributed by atoms with Gasteiger partial charge in [-0.3, -0.25) is 19.7 Å². The standard InChI is InChI=1S/C22H19N3O5/c26-21(24-17-10-12-18(13-11-17)25(28)29)15-30-20-9-5-4-8-19(20)22(27)23-14-16-6-2-1-3-7-16/h1-13H,14-15H2,(H,23,27)(H,24,26). The number of hydrogen-bond donors (Lipinski definition) is 2. The predicted molar refractivity (Wildman–Crippen MR) is 111 cm³/mol. The van der Waals surface area contributed by atoms with E-state index in [-0.39, 0.29) is 24.0 Å². The van der Waals surface area contributed by atoms with Crippen LogP contribution in [-0.4, -0.2) is 23.3 Å². The maximum Gasteiger partial charge on any atom is 0.269 e. The molecule has 2 N–H and O–H groups in total. The summed E-state index contributed by atoms with van der Waals surface area (Å²) in [5, 5.41) is 16.1. The zero-order valence-electron chi connectivity index (χ0n) is 15.9. The number of ether oxygens (including phenoxy) is 1. The fourth-order valence-electron chi connectivity index (χ4n) is 2.66. The van der Waals surface area contributed by atoms with Crippen molar-refractivity contribution < 1.29 is 19.2 Å². The zero-order valence-corrected chi connectivity index (χ0v) is 15.9. The van der Waals surface area contributed by atoms with Gasteiger partial charge in [-0.2, -0.15) is 0 Å². The number of non-ortho nitro benzene ring substituents is 1. The molecule has 2 amide bonds. The quantitative estimate of drug-likeness (QED) is 0.440. The third-order valence-corrected chi connectivity index (χ3v) is 4.15. The molecular formula is C22H19N3O5. The summed E-state index contributed by atoms with van der Waals surface area (Å²) >= 11 is 0. The highest BCUT2D eigenvalue weighted by molar-refractivity contribution is 5.97. The number of carbonyl (C=O) groups excluding carboxylic acids is 2. The molecule has 0 bridgehead atoms. The summed E-state index contributed by atoms with van der Waals surface area (Å²) in [6, 6.07) is 21.6. The summed E-state index contributed by atoms with van der Waals surface area (Å²) in [4.78, 5) is 34.8. The SMILES string of the molecule is O=C(COc1ccccc1C(=O)NCc1ccccc1)Nc1ccc([N+](=O)[O-])cc1. The third-order valence-electron chi connectivity index (χ3n) is 4.15. The molecule has 0 aliphatic carbocycles. The van der Waals surface area contributed by atoms with Crippen molar-refractivity contribution in [2.45, 2.75) is 6.54 Å². The number of rotatable bonds is 8. The van der Waals surface area contributed by atoms with Crippen LogP contribution in [0.4, 0.5) is 11.4 Å². The van der Waals surface area contributed by atoms with Gasteiger partial charge in [0.1, 0.15) is 5.75 Å². The Labute approximate surface area is 172 Å². The van der Waals surface area contributed by atoms with E-state index >= 15 is 0 Å². The van der Waals surface area contributed by atoms with Gasteiger partial charge in [0.2, 0.25) is 0 Å². The van der Waals surface area contributed by atoms with Crippen molar-refractivity contribution in [1.29, 1.82) is 0 Å². The summed E-state index contributed by atoms with van der Waals surface area (Å²) < 4.78 is 5.53. The lowest BCUT2D eigenvalue weighted by Crippen LogP contribution is -2.25. The Bertz CT molecular complexity index is 1040. The van der Waals surface area contributed by atoms with Crippen LogP contribution in [0.1, 0.15) is 15.9 Å². The van der Waals surface area contributed by atoms with E-state index in [0.29, 0.717) is 17.8 Å². The number of amides is 2. The van der Waals surface area contributed by atoms with Gasteiger partial charge >= 0.3 is 0 Å². The molecule has 3 rings (SSSR count). The molecule has 0 fully saturated rings. The van der Waals surface area contributed by atoms with Crippen molar-refractivity contribution in [3.63, 3.8) is 0 Å². The van der Waals surface area contributed by atoms with E-state index in [1.165, 1.54) is 24.3 Å². The molecule has 8 heteroatoms. The highest BCUT2D eigenvalue weighted by Crippen LogP contribution is 2.19. The molecule has 3 aromatic rings. The lowest BCUT2D eigenvalue weighted by Gasteiger charge is -2.12. The van der Waals surface area contributed by atoms with E-state index in [2.05, 4.69) is 10.6 Å². The number of nitro groups is 1. The molecule has 0 saturated carbocycles. The zero-order chi connectivity index (χ0) is 21.3. The number of anilines is 1. The number of para-hydroxylation sites is 1. The monoisotopic (exact) mass is 405 g/mol. The lowest BCUT2D eigenvalue weighted by atomic mass is 10.1. The number of nitrogens with one attached hydrogen (secondary N) is 2. The number of nitrogens with zero attached hydrogens (tertiary/aromatic N) is 1. The van der Waals surface area contributed by atoms with E-state index < -0.39 is 10.8 Å². The van der Waals surface area contributed by atoms with Crippen LogP contribution in [-0.2, 0) is 11.3 Å². The number of nitro benzene ring substituents is 1. The first-order valence-corrected chi connectivity index (χ1v) is 9.11. The normalized spacial score (nSPS) is 10.1. The first-order valence-electron chi connectivity index (χ1n) is 9.11. The summed E-state index contributed by atoms with van der Waals surface area (Å²) in [7, 11) is 0. The van der Waals surface area contributed by atoms with E-state index in [0.717, 1.165) is 5.56 Å². The fraction of sp³-hybridized carbons (Fsp3) is 0.0909. The molecule has 30 heavy (non-hydrogen) atoms. The van der Waals surface area contributed by atoms with Gasteiger partial charge in [0, 0.05) is 24.4 Å². The summed E-state index contributed by atoms with van der Waals surface area (Å²) in [6.45, 7) is 0.0502.